The van der Waals surface area contributed by atoms with Crippen molar-refractivity contribution in [3.8, 4) is 0 Å². The number of hydrogen-bond donors (Lipinski definition) is 2. The molecule has 0 aliphatic heterocycles. The Labute approximate surface area is 125 Å². The van der Waals surface area contributed by atoms with E-state index in [1.165, 1.54) is 0 Å². The molecule has 1 aromatic rings. The molecule has 0 saturated heterocycles. The van der Waals surface area contributed by atoms with Crippen LogP contribution in [0.1, 0.15) is 16.8 Å². The van der Waals surface area contributed by atoms with Crippen LogP contribution >= 0.6 is 11.6 Å². The fraction of sp³-hybridized carbons (Fsp3) is 0.333. The Morgan fingerprint density at radius 3 is 2.52 bits per heavy atom. The number of rotatable bonds is 6. The summed E-state index contributed by atoms with van der Waals surface area (Å²) in [6.07, 6.45) is 0.697. The van der Waals surface area contributed by atoms with Gasteiger partial charge in [0.15, 0.2) is 0 Å². The maximum absolute atomic E-state index is 13.0. The Morgan fingerprint density at radius 2 is 2.05 bits per heavy atom. The lowest BCUT2D eigenvalue weighted by molar-refractivity contribution is -0.139. The number of sulfone groups is 1. The van der Waals surface area contributed by atoms with Crippen molar-refractivity contribution in [3.05, 3.63) is 34.6 Å². The maximum Gasteiger partial charge on any atom is 0.326 e. The molecule has 0 radical (unpaired) electrons. The molecule has 0 spiro atoms. The first-order valence-corrected chi connectivity index (χ1v) is 8.20. The monoisotopic (exact) mass is 337 g/mol. The SMILES string of the molecule is CS(=O)(=O)CCC(NC(=O)c1ccc(F)c(Cl)c1)C(=O)O. The third-order valence-electron chi connectivity index (χ3n) is 2.56. The molecule has 0 fully saturated rings. The van der Waals surface area contributed by atoms with Gasteiger partial charge in [-0.15, -0.1) is 0 Å². The van der Waals surface area contributed by atoms with Crippen molar-refractivity contribution in [1.82, 2.24) is 5.32 Å². The van der Waals surface area contributed by atoms with E-state index in [2.05, 4.69) is 5.32 Å². The van der Waals surface area contributed by atoms with Gasteiger partial charge in [0.2, 0.25) is 0 Å². The summed E-state index contributed by atoms with van der Waals surface area (Å²) in [6, 6.07) is 1.81. The van der Waals surface area contributed by atoms with Gasteiger partial charge >= 0.3 is 5.97 Å². The van der Waals surface area contributed by atoms with E-state index in [1.54, 1.807) is 0 Å². The minimum atomic E-state index is -3.35. The van der Waals surface area contributed by atoms with E-state index in [0.29, 0.717) is 0 Å². The third-order valence-corrected chi connectivity index (χ3v) is 3.83. The summed E-state index contributed by atoms with van der Waals surface area (Å²) in [5.41, 5.74) is -0.0213. The number of benzene rings is 1. The average Bonchev–Trinajstić information content (AvgIpc) is 2.36. The van der Waals surface area contributed by atoms with Gasteiger partial charge in [-0.3, -0.25) is 4.79 Å². The standard InChI is InChI=1S/C12H13ClFNO5S/c1-21(19,20)5-4-10(12(17)18)15-11(16)7-2-3-9(14)8(13)6-7/h2-3,6,10H,4-5H2,1H3,(H,15,16)(H,17,18). The topological polar surface area (TPSA) is 101 Å². The fourth-order valence-corrected chi connectivity index (χ4v) is 2.31. The molecule has 0 saturated carbocycles. The highest BCUT2D eigenvalue weighted by atomic mass is 35.5. The highest BCUT2D eigenvalue weighted by molar-refractivity contribution is 7.90. The van der Waals surface area contributed by atoms with Crippen LogP contribution in [0.4, 0.5) is 4.39 Å². The van der Waals surface area contributed by atoms with Crippen LogP contribution < -0.4 is 5.32 Å². The van der Waals surface area contributed by atoms with Gasteiger partial charge in [0.05, 0.1) is 10.8 Å². The molecule has 1 rings (SSSR count). The quantitative estimate of drug-likeness (QED) is 0.809. The second kappa shape index (κ2) is 6.86. The number of amides is 1. The number of nitrogens with one attached hydrogen (secondary N) is 1. The molecule has 1 unspecified atom stereocenters. The van der Waals surface area contributed by atoms with Crippen molar-refractivity contribution >= 4 is 33.3 Å². The number of hydrogen-bond acceptors (Lipinski definition) is 4. The van der Waals surface area contributed by atoms with Crippen molar-refractivity contribution < 1.29 is 27.5 Å². The molecule has 0 heterocycles. The molecule has 1 amide bonds. The van der Waals surface area contributed by atoms with Gasteiger partial charge in [0, 0.05) is 11.8 Å². The molecule has 1 atom stereocenters. The summed E-state index contributed by atoms with van der Waals surface area (Å²) >= 11 is 5.53. The lowest BCUT2D eigenvalue weighted by atomic mass is 10.1. The van der Waals surface area contributed by atoms with Gasteiger partial charge < -0.3 is 10.4 Å². The number of aliphatic carboxylic acids is 1. The lowest BCUT2D eigenvalue weighted by Gasteiger charge is -2.14. The molecule has 21 heavy (non-hydrogen) atoms. The van der Waals surface area contributed by atoms with Crippen molar-refractivity contribution in [2.24, 2.45) is 0 Å². The summed E-state index contributed by atoms with van der Waals surface area (Å²) < 4.78 is 35.0. The Hall–Kier alpha value is -1.67. The first-order chi connectivity index (χ1) is 9.60. The molecule has 0 bridgehead atoms. The molecule has 6 nitrogen and oxygen atoms in total. The minimum absolute atomic E-state index is 0.0213. The van der Waals surface area contributed by atoms with Crippen molar-refractivity contribution in [2.75, 3.05) is 12.0 Å². The van der Waals surface area contributed by atoms with Crippen molar-refractivity contribution in [2.45, 2.75) is 12.5 Å². The Morgan fingerprint density at radius 1 is 1.43 bits per heavy atom. The number of carboxylic acids is 1. The molecule has 0 aliphatic carbocycles. The van der Waals surface area contributed by atoms with Crippen LogP contribution in [0.15, 0.2) is 18.2 Å². The summed E-state index contributed by atoms with van der Waals surface area (Å²) in [5, 5.41) is 10.9. The van der Waals surface area contributed by atoms with Crippen LogP contribution in [-0.4, -0.2) is 43.5 Å². The van der Waals surface area contributed by atoms with Crippen LogP contribution in [0.2, 0.25) is 5.02 Å². The Balaban J connectivity index is 2.81. The number of halogens is 2. The molecule has 2 N–H and O–H groups in total. The van der Waals surface area contributed by atoms with Crippen LogP contribution in [0.25, 0.3) is 0 Å². The smallest absolute Gasteiger partial charge is 0.326 e. The van der Waals surface area contributed by atoms with E-state index in [1.807, 2.05) is 0 Å². The average molecular weight is 338 g/mol. The van der Waals surface area contributed by atoms with Crippen LogP contribution in [0, 0.1) is 5.82 Å². The molecular formula is C12H13ClFNO5S. The summed E-state index contributed by atoms with van der Waals surface area (Å²) in [4.78, 5) is 22.9. The second-order valence-electron chi connectivity index (χ2n) is 4.41. The first-order valence-electron chi connectivity index (χ1n) is 5.76. The Bertz CT molecular complexity index is 662. The van der Waals surface area contributed by atoms with Crippen molar-refractivity contribution in [3.63, 3.8) is 0 Å². The third kappa shape index (κ3) is 5.68. The fourth-order valence-electron chi connectivity index (χ4n) is 1.47. The zero-order valence-corrected chi connectivity index (χ0v) is 12.5. The van der Waals surface area contributed by atoms with E-state index >= 15 is 0 Å². The van der Waals surface area contributed by atoms with Gasteiger partial charge in [-0.05, 0) is 24.6 Å². The van der Waals surface area contributed by atoms with Gasteiger partial charge in [0.25, 0.3) is 5.91 Å². The molecule has 9 heteroatoms. The molecule has 1 aromatic carbocycles. The van der Waals surface area contributed by atoms with E-state index < -0.39 is 33.6 Å². The maximum atomic E-state index is 13.0. The second-order valence-corrected chi connectivity index (χ2v) is 7.08. The van der Waals surface area contributed by atoms with Gasteiger partial charge in [-0.25, -0.2) is 17.6 Å². The van der Waals surface area contributed by atoms with Crippen molar-refractivity contribution in [1.29, 1.82) is 0 Å². The highest BCUT2D eigenvalue weighted by Crippen LogP contribution is 2.16. The predicted molar refractivity (Wildman–Crippen MR) is 74.6 cm³/mol. The first kappa shape index (κ1) is 17.4. The molecular weight excluding hydrogens is 325 g/mol. The largest absolute Gasteiger partial charge is 0.480 e. The normalized spacial score (nSPS) is 12.7. The zero-order chi connectivity index (χ0) is 16.2. The van der Waals surface area contributed by atoms with E-state index in [-0.39, 0.29) is 22.8 Å². The minimum Gasteiger partial charge on any atom is -0.480 e. The van der Waals surface area contributed by atoms with Crippen LogP contribution in [0.5, 0.6) is 0 Å². The van der Waals surface area contributed by atoms with Gasteiger partial charge in [0.1, 0.15) is 21.7 Å². The lowest BCUT2D eigenvalue weighted by Crippen LogP contribution is -2.41. The number of carbonyl (C=O) groups excluding carboxylic acids is 1. The van der Waals surface area contributed by atoms with Crippen LogP contribution in [-0.2, 0) is 14.6 Å². The van der Waals surface area contributed by atoms with E-state index in [9.17, 15) is 22.4 Å². The molecule has 0 aliphatic rings. The summed E-state index contributed by atoms with van der Waals surface area (Å²) in [5.74, 6) is -3.23. The van der Waals surface area contributed by atoms with Gasteiger partial charge in [-0.2, -0.15) is 0 Å². The highest BCUT2D eigenvalue weighted by Gasteiger charge is 2.22. The Kier molecular flexibility index (Phi) is 5.68. The summed E-state index contributed by atoms with van der Waals surface area (Å²) in [6.45, 7) is 0. The van der Waals surface area contributed by atoms with Gasteiger partial charge in [-0.1, -0.05) is 11.6 Å². The molecule has 116 valence electrons. The summed E-state index contributed by atoms with van der Waals surface area (Å²) in [7, 11) is -3.35. The van der Waals surface area contributed by atoms with E-state index in [0.717, 1.165) is 24.5 Å². The predicted octanol–water partition coefficient (Wildman–Crippen LogP) is 1.10. The molecule has 0 aromatic heterocycles. The van der Waals surface area contributed by atoms with Crippen LogP contribution in [0.3, 0.4) is 0 Å². The number of carbonyl (C=O) groups is 2. The van der Waals surface area contributed by atoms with E-state index in [4.69, 9.17) is 16.7 Å². The zero-order valence-electron chi connectivity index (χ0n) is 11.0. The number of carboxylic acid groups (broad SMARTS) is 1.